The zero-order chi connectivity index (χ0) is 8.97. The Labute approximate surface area is 71.9 Å². The molecule has 0 saturated heterocycles. The van der Waals surface area contributed by atoms with Crippen molar-refractivity contribution in [2.45, 2.75) is 18.9 Å². The largest absolute Gasteiger partial charge is 0.394 e. The van der Waals surface area contributed by atoms with Crippen molar-refractivity contribution in [3.05, 3.63) is 0 Å². The molecule has 1 amide bonds. The Morgan fingerprint density at radius 1 is 1.75 bits per heavy atom. The van der Waals surface area contributed by atoms with E-state index in [4.69, 9.17) is 9.84 Å². The van der Waals surface area contributed by atoms with Crippen LogP contribution >= 0.6 is 0 Å². The second-order valence-corrected chi connectivity index (χ2v) is 3.12. The Balaban J connectivity index is 2.20. The number of nitrogens with one attached hydrogen (secondary N) is 1. The van der Waals surface area contributed by atoms with Gasteiger partial charge in [-0.15, -0.1) is 0 Å². The van der Waals surface area contributed by atoms with Crippen LogP contribution in [0.25, 0.3) is 0 Å². The Morgan fingerprint density at radius 2 is 2.42 bits per heavy atom. The number of rotatable bonds is 5. The maximum Gasteiger partial charge on any atom is 0.223 e. The predicted molar refractivity (Wildman–Crippen MR) is 43.6 cm³/mol. The summed E-state index contributed by atoms with van der Waals surface area (Å²) in [6, 6.07) is -0.247. The molecule has 1 rings (SSSR count). The highest BCUT2D eigenvalue weighted by molar-refractivity contribution is 5.81. The van der Waals surface area contributed by atoms with Crippen LogP contribution in [0.15, 0.2) is 0 Å². The first-order valence-corrected chi connectivity index (χ1v) is 4.18. The number of methoxy groups -OCH3 is 1. The molecule has 1 fully saturated rings. The molecular weight excluding hydrogens is 158 g/mol. The SMILES string of the molecule is COCC(CO)NC(=O)C1CC1. The van der Waals surface area contributed by atoms with Gasteiger partial charge in [0.1, 0.15) is 0 Å². The Hall–Kier alpha value is -0.610. The number of amides is 1. The van der Waals surface area contributed by atoms with Crippen molar-refractivity contribution in [3.8, 4) is 0 Å². The average Bonchev–Trinajstić information content (AvgIpc) is 2.85. The number of hydrogen-bond donors (Lipinski definition) is 2. The number of aliphatic hydroxyl groups excluding tert-OH is 1. The lowest BCUT2D eigenvalue weighted by Gasteiger charge is -2.14. The molecule has 2 N–H and O–H groups in total. The van der Waals surface area contributed by atoms with E-state index >= 15 is 0 Å². The third kappa shape index (κ3) is 2.79. The number of aliphatic hydroxyl groups is 1. The van der Waals surface area contributed by atoms with Gasteiger partial charge in [-0.1, -0.05) is 0 Å². The fourth-order valence-corrected chi connectivity index (χ4v) is 1.01. The molecule has 0 bridgehead atoms. The fraction of sp³-hybridized carbons (Fsp3) is 0.875. The zero-order valence-electron chi connectivity index (χ0n) is 7.25. The minimum atomic E-state index is -0.247. The molecule has 4 heteroatoms. The summed E-state index contributed by atoms with van der Waals surface area (Å²) in [4.78, 5) is 11.2. The molecule has 70 valence electrons. The molecule has 0 aliphatic heterocycles. The maximum atomic E-state index is 11.2. The van der Waals surface area contributed by atoms with E-state index in [1.807, 2.05) is 0 Å². The van der Waals surface area contributed by atoms with Crippen LogP contribution in [0.4, 0.5) is 0 Å². The molecule has 1 aliphatic rings. The van der Waals surface area contributed by atoms with Gasteiger partial charge >= 0.3 is 0 Å². The first kappa shape index (κ1) is 9.48. The van der Waals surface area contributed by atoms with Gasteiger partial charge in [0.05, 0.1) is 19.3 Å². The minimum Gasteiger partial charge on any atom is -0.394 e. The summed E-state index contributed by atoms with van der Waals surface area (Å²) in [5.41, 5.74) is 0. The van der Waals surface area contributed by atoms with E-state index in [-0.39, 0.29) is 24.5 Å². The first-order chi connectivity index (χ1) is 5.77. The molecule has 1 atom stereocenters. The van der Waals surface area contributed by atoms with Crippen LogP contribution in [-0.4, -0.2) is 37.4 Å². The molecule has 1 saturated carbocycles. The van der Waals surface area contributed by atoms with Gasteiger partial charge in [-0.3, -0.25) is 4.79 Å². The fourth-order valence-electron chi connectivity index (χ4n) is 1.01. The molecule has 1 aliphatic carbocycles. The Morgan fingerprint density at radius 3 is 2.83 bits per heavy atom. The molecule has 1 unspecified atom stereocenters. The highest BCUT2D eigenvalue weighted by Gasteiger charge is 2.30. The van der Waals surface area contributed by atoms with E-state index in [1.54, 1.807) is 7.11 Å². The third-order valence-electron chi connectivity index (χ3n) is 1.88. The monoisotopic (exact) mass is 173 g/mol. The lowest BCUT2D eigenvalue weighted by atomic mass is 10.3. The van der Waals surface area contributed by atoms with E-state index in [9.17, 15) is 4.79 Å². The molecule has 0 aromatic carbocycles. The number of carbonyl (C=O) groups is 1. The first-order valence-electron chi connectivity index (χ1n) is 4.18. The molecule has 0 aromatic heterocycles. The number of ether oxygens (including phenoxy) is 1. The lowest BCUT2D eigenvalue weighted by molar-refractivity contribution is -0.123. The molecular formula is C8H15NO3. The molecule has 0 spiro atoms. The summed E-state index contributed by atoms with van der Waals surface area (Å²) in [7, 11) is 1.55. The minimum absolute atomic E-state index is 0.0473. The quantitative estimate of drug-likeness (QED) is 0.590. The average molecular weight is 173 g/mol. The zero-order valence-corrected chi connectivity index (χ0v) is 7.25. The smallest absolute Gasteiger partial charge is 0.223 e. The summed E-state index contributed by atoms with van der Waals surface area (Å²) in [6.07, 6.45) is 1.97. The maximum absolute atomic E-state index is 11.2. The van der Waals surface area contributed by atoms with Gasteiger partial charge in [-0.05, 0) is 12.8 Å². The van der Waals surface area contributed by atoms with Crippen molar-refractivity contribution in [1.82, 2.24) is 5.32 Å². The van der Waals surface area contributed by atoms with Crippen LogP contribution in [0.1, 0.15) is 12.8 Å². The second kappa shape index (κ2) is 4.42. The van der Waals surface area contributed by atoms with E-state index in [1.165, 1.54) is 0 Å². The summed E-state index contributed by atoms with van der Waals surface area (Å²) >= 11 is 0. The summed E-state index contributed by atoms with van der Waals surface area (Å²) in [5.74, 6) is 0.238. The normalized spacial score (nSPS) is 18.8. The van der Waals surface area contributed by atoms with Crippen LogP contribution < -0.4 is 5.32 Å². The third-order valence-corrected chi connectivity index (χ3v) is 1.88. The highest BCUT2D eigenvalue weighted by Crippen LogP contribution is 2.28. The molecule has 12 heavy (non-hydrogen) atoms. The van der Waals surface area contributed by atoms with Crippen molar-refractivity contribution in [2.75, 3.05) is 20.3 Å². The Kier molecular flexibility index (Phi) is 3.49. The van der Waals surface area contributed by atoms with Crippen molar-refractivity contribution in [3.63, 3.8) is 0 Å². The molecule has 0 heterocycles. The van der Waals surface area contributed by atoms with Crippen molar-refractivity contribution < 1.29 is 14.6 Å². The summed E-state index contributed by atoms with van der Waals surface area (Å²) in [6.45, 7) is 0.307. The highest BCUT2D eigenvalue weighted by atomic mass is 16.5. The van der Waals surface area contributed by atoms with E-state index in [0.29, 0.717) is 6.61 Å². The van der Waals surface area contributed by atoms with E-state index in [0.717, 1.165) is 12.8 Å². The number of carbonyl (C=O) groups excluding carboxylic acids is 1. The van der Waals surface area contributed by atoms with Crippen LogP contribution in [0.5, 0.6) is 0 Å². The molecule has 0 radical (unpaired) electrons. The van der Waals surface area contributed by atoms with Gasteiger partial charge in [0.15, 0.2) is 0 Å². The van der Waals surface area contributed by atoms with Crippen LogP contribution in [-0.2, 0) is 9.53 Å². The van der Waals surface area contributed by atoms with Gasteiger partial charge in [0.25, 0.3) is 0 Å². The molecule has 0 aromatic rings. The van der Waals surface area contributed by atoms with Crippen LogP contribution in [0.2, 0.25) is 0 Å². The van der Waals surface area contributed by atoms with Gasteiger partial charge in [-0.2, -0.15) is 0 Å². The van der Waals surface area contributed by atoms with Gasteiger partial charge in [0, 0.05) is 13.0 Å². The second-order valence-electron chi connectivity index (χ2n) is 3.12. The summed E-state index contributed by atoms with van der Waals surface area (Å²) in [5, 5.41) is 11.5. The van der Waals surface area contributed by atoms with Crippen LogP contribution in [0, 0.1) is 5.92 Å². The van der Waals surface area contributed by atoms with Gasteiger partial charge < -0.3 is 15.2 Å². The van der Waals surface area contributed by atoms with E-state index in [2.05, 4.69) is 5.32 Å². The summed E-state index contributed by atoms with van der Waals surface area (Å²) < 4.78 is 4.82. The standard InChI is InChI=1S/C8H15NO3/c1-12-5-7(4-10)9-8(11)6-2-3-6/h6-7,10H,2-5H2,1H3,(H,9,11). The van der Waals surface area contributed by atoms with Crippen molar-refractivity contribution in [2.24, 2.45) is 5.92 Å². The number of hydrogen-bond acceptors (Lipinski definition) is 3. The lowest BCUT2D eigenvalue weighted by Crippen LogP contribution is -2.41. The van der Waals surface area contributed by atoms with E-state index < -0.39 is 0 Å². The van der Waals surface area contributed by atoms with Crippen LogP contribution in [0.3, 0.4) is 0 Å². The molecule has 4 nitrogen and oxygen atoms in total. The predicted octanol–water partition coefficient (Wildman–Crippen LogP) is -0.480. The van der Waals surface area contributed by atoms with Crippen molar-refractivity contribution >= 4 is 5.91 Å². The van der Waals surface area contributed by atoms with Gasteiger partial charge in [0.2, 0.25) is 5.91 Å². The Bertz CT molecular complexity index is 156. The topological polar surface area (TPSA) is 58.6 Å². The van der Waals surface area contributed by atoms with Crippen molar-refractivity contribution in [1.29, 1.82) is 0 Å². The van der Waals surface area contributed by atoms with Gasteiger partial charge in [-0.25, -0.2) is 0 Å².